The van der Waals surface area contributed by atoms with Crippen molar-refractivity contribution in [3.63, 3.8) is 0 Å². The number of ether oxygens (including phenoxy) is 2. The summed E-state index contributed by atoms with van der Waals surface area (Å²) < 4.78 is 10.2. The molecule has 0 bridgehead atoms. The monoisotopic (exact) mass is 453 g/mol. The summed E-state index contributed by atoms with van der Waals surface area (Å²) in [6, 6.07) is 9.79. The molecule has 172 valence electrons. The van der Waals surface area contributed by atoms with E-state index < -0.39 is 30.4 Å². The summed E-state index contributed by atoms with van der Waals surface area (Å²) in [4.78, 5) is 49.7. The van der Waals surface area contributed by atoms with E-state index in [1.54, 1.807) is 19.9 Å². The van der Waals surface area contributed by atoms with Crippen LogP contribution >= 0.6 is 0 Å². The number of phenolic OH excluding ortho intramolecular Hbond substituents is 1. The number of benzene rings is 2. The van der Waals surface area contributed by atoms with E-state index in [1.165, 1.54) is 42.5 Å². The molecule has 0 atom stereocenters. The normalized spacial score (nSPS) is 14.2. The number of rotatable bonds is 8. The Labute approximate surface area is 189 Å². The lowest BCUT2D eigenvalue weighted by Crippen LogP contribution is -2.38. The summed E-state index contributed by atoms with van der Waals surface area (Å²) in [5, 5.41) is 14.8. The van der Waals surface area contributed by atoms with E-state index in [4.69, 9.17) is 9.47 Å². The standard InChI is InChI=1S/C23H23N3O7/c1-3-32-19-12-14(5-10-18(19)27)11-17-21(29)26(23(31)25-17)13-20(28)24-16-8-6-15(7-9-16)22(30)33-4-2/h5-12,27H,3-4,13H2,1-2H3,(H,24,28)(H,25,31)/b17-11-. The number of carbonyl (C=O) groups excluding carboxylic acids is 4. The van der Waals surface area contributed by atoms with Gasteiger partial charge in [0.25, 0.3) is 5.91 Å². The number of imide groups is 1. The number of hydrogen-bond donors (Lipinski definition) is 3. The Morgan fingerprint density at radius 3 is 2.48 bits per heavy atom. The van der Waals surface area contributed by atoms with E-state index in [0.29, 0.717) is 23.4 Å². The first kappa shape index (κ1) is 23.3. The molecule has 0 aliphatic carbocycles. The number of esters is 1. The minimum Gasteiger partial charge on any atom is -0.504 e. The predicted molar refractivity (Wildman–Crippen MR) is 119 cm³/mol. The van der Waals surface area contributed by atoms with Crippen molar-refractivity contribution in [1.29, 1.82) is 0 Å². The number of hydrogen-bond acceptors (Lipinski definition) is 7. The van der Waals surface area contributed by atoms with Crippen molar-refractivity contribution < 1.29 is 33.8 Å². The highest BCUT2D eigenvalue weighted by molar-refractivity contribution is 6.16. The molecule has 1 aliphatic rings. The maximum atomic E-state index is 12.6. The van der Waals surface area contributed by atoms with Crippen LogP contribution in [0.1, 0.15) is 29.8 Å². The second-order valence-electron chi connectivity index (χ2n) is 6.89. The summed E-state index contributed by atoms with van der Waals surface area (Å²) in [5.74, 6) is -1.54. The number of aromatic hydroxyl groups is 1. The molecule has 0 unspecified atom stereocenters. The Bertz CT molecular complexity index is 1110. The molecule has 3 rings (SSSR count). The molecule has 0 aromatic heterocycles. The van der Waals surface area contributed by atoms with Gasteiger partial charge in [0.1, 0.15) is 12.2 Å². The topological polar surface area (TPSA) is 134 Å². The van der Waals surface area contributed by atoms with Gasteiger partial charge in [0, 0.05) is 5.69 Å². The minimum absolute atomic E-state index is 0.0141. The summed E-state index contributed by atoms with van der Waals surface area (Å²) in [6.45, 7) is 3.56. The van der Waals surface area contributed by atoms with Gasteiger partial charge in [0.2, 0.25) is 5.91 Å². The van der Waals surface area contributed by atoms with Crippen molar-refractivity contribution in [3.8, 4) is 11.5 Å². The molecule has 2 aromatic carbocycles. The van der Waals surface area contributed by atoms with Gasteiger partial charge in [-0.1, -0.05) is 6.07 Å². The van der Waals surface area contributed by atoms with Gasteiger partial charge in [0.05, 0.1) is 18.8 Å². The van der Waals surface area contributed by atoms with Crippen LogP contribution in [0.5, 0.6) is 11.5 Å². The molecule has 2 aromatic rings. The van der Waals surface area contributed by atoms with E-state index in [0.717, 1.165) is 4.90 Å². The van der Waals surface area contributed by atoms with E-state index in [2.05, 4.69) is 10.6 Å². The summed E-state index contributed by atoms with van der Waals surface area (Å²) in [6.07, 6.45) is 1.42. The van der Waals surface area contributed by atoms with E-state index in [9.17, 15) is 24.3 Å². The molecule has 3 N–H and O–H groups in total. The van der Waals surface area contributed by atoms with Gasteiger partial charge < -0.3 is 25.2 Å². The fourth-order valence-corrected chi connectivity index (χ4v) is 3.02. The van der Waals surface area contributed by atoms with Crippen LogP contribution in [-0.4, -0.2) is 53.6 Å². The maximum Gasteiger partial charge on any atom is 0.338 e. The molecule has 0 spiro atoms. The average Bonchev–Trinajstić information content (AvgIpc) is 3.04. The number of carbonyl (C=O) groups is 4. The highest BCUT2D eigenvalue weighted by Gasteiger charge is 2.35. The lowest BCUT2D eigenvalue weighted by Gasteiger charge is -2.12. The third-order valence-corrected chi connectivity index (χ3v) is 4.54. The first-order chi connectivity index (χ1) is 15.8. The average molecular weight is 453 g/mol. The van der Waals surface area contributed by atoms with Crippen molar-refractivity contribution in [3.05, 3.63) is 59.3 Å². The van der Waals surface area contributed by atoms with Crippen molar-refractivity contribution >= 4 is 35.6 Å². The van der Waals surface area contributed by atoms with E-state index >= 15 is 0 Å². The Hall–Kier alpha value is -4.34. The molecule has 10 nitrogen and oxygen atoms in total. The molecule has 1 fully saturated rings. The molecular formula is C23H23N3O7. The van der Waals surface area contributed by atoms with Crippen molar-refractivity contribution in [1.82, 2.24) is 10.2 Å². The van der Waals surface area contributed by atoms with Crippen molar-refractivity contribution in [2.45, 2.75) is 13.8 Å². The second-order valence-corrected chi connectivity index (χ2v) is 6.89. The summed E-state index contributed by atoms with van der Waals surface area (Å²) in [7, 11) is 0. The van der Waals surface area contributed by atoms with E-state index in [1.807, 2.05) is 0 Å². The Morgan fingerprint density at radius 1 is 1.09 bits per heavy atom. The predicted octanol–water partition coefficient (Wildman–Crippen LogP) is 2.50. The molecule has 0 saturated carbocycles. The molecule has 1 heterocycles. The number of anilines is 1. The number of nitrogens with one attached hydrogen (secondary N) is 2. The maximum absolute atomic E-state index is 12.6. The zero-order valence-corrected chi connectivity index (χ0v) is 18.1. The number of urea groups is 1. The highest BCUT2D eigenvalue weighted by atomic mass is 16.5. The van der Waals surface area contributed by atoms with Crippen LogP contribution < -0.4 is 15.4 Å². The van der Waals surface area contributed by atoms with Crippen LogP contribution in [0.3, 0.4) is 0 Å². The SMILES string of the molecule is CCOC(=O)c1ccc(NC(=O)CN2C(=O)N/C(=C\c3ccc(O)c(OCC)c3)C2=O)cc1. The zero-order valence-electron chi connectivity index (χ0n) is 18.1. The molecule has 4 amide bonds. The highest BCUT2D eigenvalue weighted by Crippen LogP contribution is 2.28. The molecule has 33 heavy (non-hydrogen) atoms. The van der Waals surface area contributed by atoms with E-state index in [-0.39, 0.29) is 23.8 Å². The third kappa shape index (κ3) is 5.67. The first-order valence-electron chi connectivity index (χ1n) is 10.2. The van der Waals surface area contributed by atoms with Crippen LogP contribution in [0.15, 0.2) is 48.2 Å². The quantitative estimate of drug-likeness (QED) is 0.318. The smallest absolute Gasteiger partial charge is 0.338 e. The molecular weight excluding hydrogens is 430 g/mol. The Balaban J connectivity index is 1.65. The fraction of sp³-hybridized carbons (Fsp3) is 0.217. The number of amides is 4. The van der Waals surface area contributed by atoms with Crippen LogP contribution in [0, 0.1) is 0 Å². The van der Waals surface area contributed by atoms with Gasteiger partial charge in [-0.25, -0.2) is 14.5 Å². The van der Waals surface area contributed by atoms with Crippen LogP contribution in [-0.2, 0) is 14.3 Å². The van der Waals surface area contributed by atoms with Gasteiger partial charge >= 0.3 is 12.0 Å². The van der Waals surface area contributed by atoms with Gasteiger partial charge in [0.15, 0.2) is 11.5 Å². The number of nitrogens with zero attached hydrogens (tertiary/aromatic N) is 1. The first-order valence-corrected chi connectivity index (χ1v) is 10.2. The molecule has 0 radical (unpaired) electrons. The lowest BCUT2D eigenvalue weighted by molar-refractivity contribution is -0.127. The van der Waals surface area contributed by atoms with Gasteiger partial charge in [-0.3, -0.25) is 9.59 Å². The van der Waals surface area contributed by atoms with Gasteiger partial charge in [-0.15, -0.1) is 0 Å². The molecule has 10 heteroatoms. The molecule has 1 saturated heterocycles. The fourth-order valence-electron chi connectivity index (χ4n) is 3.02. The third-order valence-electron chi connectivity index (χ3n) is 4.54. The largest absolute Gasteiger partial charge is 0.504 e. The Kier molecular flexibility index (Phi) is 7.29. The number of phenols is 1. The van der Waals surface area contributed by atoms with Crippen LogP contribution in [0.25, 0.3) is 6.08 Å². The van der Waals surface area contributed by atoms with Crippen LogP contribution in [0.4, 0.5) is 10.5 Å². The van der Waals surface area contributed by atoms with Crippen molar-refractivity contribution in [2.24, 2.45) is 0 Å². The van der Waals surface area contributed by atoms with Crippen molar-refractivity contribution in [2.75, 3.05) is 25.1 Å². The summed E-state index contributed by atoms with van der Waals surface area (Å²) >= 11 is 0. The van der Waals surface area contributed by atoms with Gasteiger partial charge in [-0.2, -0.15) is 0 Å². The second kappa shape index (κ2) is 10.3. The zero-order chi connectivity index (χ0) is 24.0. The lowest BCUT2D eigenvalue weighted by atomic mass is 10.1. The minimum atomic E-state index is -0.733. The Morgan fingerprint density at radius 2 is 1.82 bits per heavy atom. The molecule has 1 aliphatic heterocycles. The van der Waals surface area contributed by atoms with Crippen LogP contribution in [0.2, 0.25) is 0 Å². The van der Waals surface area contributed by atoms with Gasteiger partial charge in [-0.05, 0) is 61.9 Å². The summed E-state index contributed by atoms with van der Waals surface area (Å²) in [5.41, 5.74) is 1.23.